The fraction of sp³-hybridized carbons (Fsp3) is 0.583. The van der Waals surface area contributed by atoms with E-state index in [9.17, 15) is 9.59 Å². The van der Waals surface area contributed by atoms with Gasteiger partial charge in [0.15, 0.2) is 0 Å². The molecule has 1 aromatic heterocycles. The third kappa shape index (κ3) is 3.10. The highest BCUT2D eigenvalue weighted by Crippen LogP contribution is 2.31. The summed E-state index contributed by atoms with van der Waals surface area (Å²) < 4.78 is 0. The van der Waals surface area contributed by atoms with E-state index < -0.39 is 0 Å². The zero-order valence-electron chi connectivity index (χ0n) is 9.99. The van der Waals surface area contributed by atoms with Gasteiger partial charge < -0.3 is 5.32 Å². The molecule has 1 fully saturated rings. The SMILES string of the molecule is O=C(NCC1CCCC1CCl)c1ccc(=O)[nH]n1. The Labute approximate surface area is 110 Å². The summed E-state index contributed by atoms with van der Waals surface area (Å²) in [7, 11) is 0. The number of nitrogens with one attached hydrogen (secondary N) is 2. The van der Waals surface area contributed by atoms with Crippen LogP contribution >= 0.6 is 11.6 Å². The van der Waals surface area contributed by atoms with Gasteiger partial charge in [0.2, 0.25) is 0 Å². The quantitative estimate of drug-likeness (QED) is 0.806. The Kier molecular flexibility index (Phi) is 4.36. The van der Waals surface area contributed by atoms with Crippen LogP contribution in [0.3, 0.4) is 0 Å². The highest BCUT2D eigenvalue weighted by Gasteiger charge is 2.26. The maximum Gasteiger partial charge on any atom is 0.271 e. The van der Waals surface area contributed by atoms with Gasteiger partial charge in [0.25, 0.3) is 11.5 Å². The lowest BCUT2D eigenvalue weighted by molar-refractivity contribution is 0.0938. The van der Waals surface area contributed by atoms with Gasteiger partial charge in [0.1, 0.15) is 5.69 Å². The molecule has 0 aliphatic heterocycles. The van der Waals surface area contributed by atoms with E-state index in [2.05, 4.69) is 15.5 Å². The number of nitrogens with zero attached hydrogens (tertiary/aromatic N) is 1. The van der Waals surface area contributed by atoms with E-state index in [1.165, 1.54) is 18.6 Å². The molecule has 0 saturated heterocycles. The Morgan fingerprint density at radius 3 is 2.89 bits per heavy atom. The molecule has 1 aromatic rings. The number of amides is 1. The van der Waals surface area contributed by atoms with Crippen LogP contribution in [0.25, 0.3) is 0 Å². The zero-order valence-corrected chi connectivity index (χ0v) is 10.7. The van der Waals surface area contributed by atoms with Crippen LogP contribution in [0.15, 0.2) is 16.9 Å². The first-order valence-corrected chi connectivity index (χ1v) is 6.64. The Hall–Kier alpha value is -1.36. The number of H-pyrrole nitrogens is 1. The van der Waals surface area contributed by atoms with Crippen LogP contribution < -0.4 is 10.9 Å². The second kappa shape index (κ2) is 6.00. The van der Waals surface area contributed by atoms with Crippen molar-refractivity contribution in [2.24, 2.45) is 11.8 Å². The summed E-state index contributed by atoms with van der Waals surface area (Å²) in [5.41, 5.74) is -0.0837. The van der Waals surface area contributed by atoms with Crippen molar-refractivity contribution in [3.8, 4) is 0 Å². The van der Waals surface area contributed by atoms with E-state index in [-0.39, 0.29) is 17.2 Å². The summed E-state index contributed by atoms with van der Waals surface area (Å²) in [6.07, 6.45) is 3.42. The Morgan fingerprint density at radius 1 is 1.44 bits per heavy atom. The lowest BCUT2D eigenvalue weighted by Gasteiger charge is -2.17. The van der Waals surface area contributed by atoms with E-state index in [0.717, 1.165) is 12.8 Å². The average molecular weight is 270 g/mol. The molecule has 6 heteroatoms. The Bertz CT molecular complexity index is 454. The number of carbonyl (C=O) groups is 1. The molecule has 0 radical (unpaired) electrons. The van der Waals surface area contributed by atoms with Gasteiger partial charge in [-0.05, 0) is 30.7 Å². The first kappa shape index (κ1) is 13.1. The van der Waals surface area contributed by atoms with Gasteiger partial charge in [-0.15, -0.1) is 11.6 Å². The minimum absolute atomic E-state index is 0.232. The van der Waals surface area contributed by atoms with Gasteiger partial charge in [0.05, 0.1) is 0 Å². The summed E-state index contributed by atoms with van der Waals surface area (Å²) in [5.74, 6) is 1.34. The molecule has 98 valence electrons. The third-order valence-electron chi connectivity index (χ3n) is 3.45. The van der Waals surface area contributed by atoms with E-state index in [0.29, 0.717) is 24.3 Å². The maximum absolute atomic E-state index is 11.8. The first-order valence-electron chi connectivity index (χ1n) is 6.10. The van der Waals surface area contributed by atoms with E-state index in [1.807, 2.05) is 0 Å². The van der Waals surface area contributed by atoms with Crippen LogP contribution in [0.2, 0.25) is 0 Å². The van der Waals surface area contributed by atoms with Gasteiger partial charge in [-0.3, -0.25) is 9.59 Å². The predicted octanol–water partition coefficient (Wildman–Crippen LogP) is 1.15. The van der Waals surface area contributed by atoms with Crippen LogP contribution in [-0.2, 0) is 0 Å². The molecule has 18 heavy (non-hydrogen) atoms. The highest BCUT2D eigenvalue weighted by molar-refractivity contribution is 6.18. The summed E-state index contributed by atoms with van der Waals surface area (Å²) in [6.45, 7) is 0.622. The summed E-state index contributed by atoms with van der Waals surface area (Å²) >= 11 is 5.89. The molecule has 2 N–H and O–H groups in total. The molecule has 1 heterocycles. The largest absolute Gasteiger partial charge is 0.350 e. The van der Waals surface area contributed by atoms with Crippen LogP contribution in [0, 0.1) is 11.8 Å². The fourth-order valence-corrected chi connectivity index (χ4v) is 2.78. The summed E-state index contributed by atoms with van der Waals surface area (Å²) in [4.78, 5) is 22.6. The number of halogens is 1. The van der Waals surface area contributed by atoms with Crippen molar-refractivity contribution in [2.75, 3.05) is 12.4 Å². The minimum atomic E-state index is -0.315. The fourth-order valence-electron chi connectivity index (χ4n) is 2.37. The summed E-state index contributed by atoms with van der Waals surface area (Å²) in [6, 6.07) is 2.71. The van der Waals surface area contributed by atoms with Crippen molar-refractivity contribution in [2.45, 2.75) is 19.3 Å². The molecule has 2 unspecified atom stereocenters. The molecule has 1 saturated carbocycles. The lowest BCUT2D eigenvalue weighted by atomic mass is 9.98. The second-order valence-corrected chi connectivity index (χ2v) is 4.93. The number of hydrogen-bond donors (Lipinski definition) is 2. The topological polar surface area (TPSA) is 74.8 Å². The average Bonchev–Trinajstić information content (AvgIpc) is 2.84. The molecule has 1 amide bonds. The van der Waals surface area contributed by atoms with Crippen molar-refractivity contribution in [1.82, 2.24) is 15.5 Å². The van der Waals surface area contributed by atoms with Gasteiger partial charge >= 0.3 is 0 Å². The monoisotopic (exact) mass is 269 g/mol. The molecular weight excluding hydrogens is 254 g/mol. The molecule has 0 spiro atoms. The van der Waals surface area contributed by atoms with Gasteiger partial charge in [-0.1, -0.05) is 6.42 Å². The summed E-state index contributed by atoms with van der Waals surface area (Å²) in [5, 5.41) is 8.77. The standard InChI is InChI=1S/C12H16ClN3O2/c13-6-8-2-1-3-9(8)7-14-12(18)10-4-5-11(17)16-15-10/h4-5,8-9H,1-3,6-7H2,(H,14,18)(H,16,17). The van der Waals surface area contributed by atoms with E-state index in [4.69, 9.17) is 11.6 Å². The van der Waals surface area contributed by atoms with Crippen LogP contribution in [0.4, 0.5) is 0 Å². The smallest absolute Gasteiger partial charge is 0.271 e. The molecule has 2 rings (SSSR count). The van der Waals surface area contributed by atoms with Crippen LogP contribution in [-0.4, -0.2) is 28.5 Å². The lowest BCUT2D eigenvalue weighted by Crippen LogP contribution is -2.32. The van der Waals surface area contributed by atoms with Crippen molar-refractivity contribution >= 4 is 17.5 Å². The maximum atomic E-state index is 11.8. The zero-order chi connectivity index (χ0) is 13.0. The number of rotatable bonds is 4. The van der Waals surface area contributed by atoms with Crippen molar-refractivity contribution in [3.63, 3.8) is 0 Å². The van der Waals surface area contributed by atoms with E-state index in [1.54, 1.807) is 0 Å². The minimum Gasteiger partial charge on any atom is -0.350 e. The molecule has 5 nitrogen and oxygen atoms in total. The number of alkyl halides is 1. The Morgan fingerprint density at radius 2 is 2.22 bits per heavy atom. The second-order valence-electron chi connectivity index (χ2n) is 4.62. The van der Waals surface area contributed by atoms with Crippen molar-refractivity contribution in [1.29, 1.82) is 0 Å². The van der Waals surface area contributed by atoms with Crippen LogP contribution in [0.5, 0.6) is 0 Å². The predicted molar refractivity (Wildman–Crippen MR) is 68.7 cm³/mol. The number of carbonyl (C=O) groups excluding carboxylic acids is 1. The molecule has 1 aliphatic carbocycles. The number of aromatic amines is 1. The van der Waals surface area contributed by atoms with Gasteiger partial charge in [-0.25, -0.2) is 5.10 Å². The Balaban J connectivity index is 1.88. The van der Waals surface area contributed by atoms with Crippen molar-refractivity contribution in [3.05, 3.63) is 28.2 Å². The van der Waals surface area contributed by atoms with E-state index >= 15 is 0 Å². The highest BCUT2D eigenvalue weighted by atomic mass is 35.5. The molecule has 2 atom stereocenters. The van der Waals surface area contributed by atoms with Gasteiger partial charge in [0, 0.05) is 18.5 Å². The van der Waals surface area contributed by atoms with Gasteiger partial charge in [-0.2, -0.15) is 5.10 Å². The molecular formula is C12H16ClN3O2. The number of hydrogen-bond acceptors (Lipinski definition) is 3. The molecule has 1 aliphatic rings. The first-order chi connectivity index (χ1) is 8.70. The molecule has 0 aromatic carbocycles. The normalized spacial score (nSPS) is 22.9. The van der Waals surface area contributed by atoms with Crippen molar-refractivity contribution < 1.29 is 4.79 Å². The molecule has 0 bridgehead atoms. The third-order valence-corrected chi connectivity index (χ3v) is 3.85. The van der Waals surface area contributed by atoms with Crippen LogP contribution in [0.1, 0.15) is 29.8 Å². The number of aromatic nitrogens is 2.